The number of benzene rings is 2. The van der Waals surface area contributed by atoms with Crippen molar-refractivity contribution in [2.24, 2.45) is 0 Å². The van der Waals surface area contributed by atoms with Crippen LogP contribution < -0.4 is 19.6 Å². The van der Waals surface area contributed by atoms with Crippen molar-refractivity contribution in [3.05, 3.63) is 45.1 Å². The maximum Gasteiger partial charge on any atom is 0.207 e. The van der Waals surface area contributed by atoms with E-state index in [1.54, 1.807) is 0 Å². The standard InChI is InChI=1S/C25H26O7/c1-12(2)7-8-13-18(26)17-19(27)15-11-16(29-5)24(30-6)20(28)23(15)31-22(17)14-9-10-25(3,4)32-21(13)14/h7,9-11,26,28H,8H2,1-6H3. The number of rotatable bonds is 4. The molecule has 0 unspecified atom stereocenters. The van der Waals surface area contributed by atoms with E-state index in [1.807, 2.05) is 45.9 Å². The third-order valence-electron chi connectivity index (χ3n) is 5.52. The molecule has 2 heterocycles. The molecule has 0 bridgehead atoms. The topological polar surface area (TPSA) is 98.4 Å². The van der Waals surface area contributed by atoms with E-state index in [0.29, 0.717) is 23.3 Å². The van der Waals surface area contributed by atoms with E-state index in [2.05, 4.69) is 0 Å². The Hall–Kier alpha value is -3.61. The summed E-state index contributed by atoms with van der Waals surface area (Å²) in [6.07, 6.45) is 6.01. The summed E-state index contributed by atoms with van der Waals surface area (Å²) in [7, 11) is 2.78. The number of methoxy groups -OCH3 is 2. The van der Waals surface area contributed by atoms with Gasteiger partial charge in [0, 0.05) is 5.56 Å². The summed E-state index contributed by atoms with van der Waals surface area (Å²) >= 11 is 0. The van der Waals surface area contributed by atoms with Gasteiger partial charge in [0.2, 0.25) is 16.9 Å². The van der Waals surface area contributed by atoms with Crippen molar-refractivity contribution in [3.8, 4) is 28.7 Å². The minimum absolute atomic E-state index is 0.0213. The summed E-state index contributed by atoms with van der Waals surface area (Å²) in [4.78, 5) is 13.5. The molecule has 32 heavy (non-hydrogen) atoms. The predicted octanol–water partition coefficient (Wildman–Crippen LogP) is 5.07. The summed E-state index contributed by atoms with van der Waals surface area (Å²) in [5, 5.41) is 22.0. The third-order valence-corrected chi connectivity index (χ3v) is 5.52. The molecule has 3 aromatic rings. The average molecular weight is 438 g/mol. The molecule has 0 spiro atoms. The number of hydrogen-bond donors (Lipinski definition) is 2. The second kappa shape index (κ2) is 7.51. The molecule has 0 atom stereocenters. The van der Waals surface area contributed by atoms with Gasteiger partial charge in [0.15, 0.2) is 16.9 Å². The largest absolute Gasteiger partial charge is 0.507 e. The van der Waals surface area contributed by atoms with Crippen molar-refractivity contribution in [1.29, 1.82) is 0 Å². The Kier molecular flexibility index (Phi) is 5.07. The first-order chi connectivity index (χ1) is 15.1. The molecule has 2 aromatic carbocycles. The molecule has 0 saturated carbocycles. The molecule has 4 rings (SSSR count). The van der Waals surface area contributed by atoms with Crippen LogP contribution >= 0.6 is 0 Å². The minimum atomic E-state index is -0.608. The Morgan fingerprint density at radius 1 is 1.12 bits per heavy atom. The number of phenolic OH excluding ortho intramolecular Hbond substituents is 2. The Balaban J connectivity index is 2.20. The van der Waals surface area contributed by atoms with Crippen molar-refractivity contribution in [1.82, 2.24) is 0 Å². The Morgan fingerprint density at radius 2 is 1.84 bits per heavy atom. The minimum Gasteiger partial charge on any atom is -0.507 e. The van der Waals surface area contributed by atoms with Gasteiger partial charge in [0.1, 0.15) is 22.5 Å². The van der Waals surface area contributed by atoms with Crippen molar-refractivity contribution < 1.29 is 28.8 Å². The molecular formula is C25H26O7. The summed E-state index contributed by atoms with van der Waals surface area (Å²) in [6, 6.07) is 1.43. The highest BCUT2D eigenvalue weighted by molar-refractivity contribution is 6.02. The fraction of sp³-hybridized carbons (Fsp3) is 0.320. The van der Waals surface area contributed by atoms with E-state index < -0.39 is 11.0 Å². The summed E-state index contributed by atoms with van der Waals surface area (Å²) in [6.45, 7) is 7.72. The van der Waals surface area contributed by atoms with Crippen molar-refractivity contribution in [2.45, 2.75) is 39.7 Å². The van der Waals surface area contributed by atoms with Crippen LogP contribution in [0.4, 0.5) is 0 Å². The number of aromatic hydroxyl groups is 2. The molecule has 1 aliphatic heterocycles. The second-order valence-electron chi connectivity index (χ2n) is 8.57. The highest BCUT2D eigenvalue weighted by atomic mass is 16.5. The number of hydrogen-bond acceptors (Lipinski definition) is 7. The van der Waals surface area contributed by atoms with Gasteiger partial charge in [-0.05, 0) is 52.3 Å². The van der Waals surface area contributed by atoms with Crippen LogP contribution in [0.3, 0.4) is 0 Å². The van der Waals surface area contributed by atoms with Crippen molar-refractivity contribution >= 4 is 28.0 Å². The quantitative estimate of drug-likeness (QED) is 0.434. The molecule has 0 radical (unpaired) electrons. The van der Waals surface area contributed by atoms with Gasteiger partial charge >= 0.3 is 0 Å². The van der Waals surface area contributed by atoms with Gasteiger partial charge < -0.3 is 28.8 Å². The molecule has 0 saturated heterocycles. The fourth-order valence-electron chi connectivity index (χ4n) is 3.89. The van der Waals surface area contributed by atoms with Gasteiger partial charge in [0.25, 0.3) is 0 Å². The lowest BCUT2D eigenvalue weighted by molar-refractivity contribution is 0.157. The van der Waals surface area contributed by atoms with E-state index in [9.17, 15) is 15.0 Å². The zero-order chi connectivity index (χ0) is 23.4. The zero-order valence-electron chi connectivity index (χ0n) is 19.0. The molecule has 1 aromatic heterocycles. The monoisotopic (exact) mass is 438 g/mol. The maximum absolute atomic E-state index is 13.5. The van der Waals surface area contributed by atoms with Crippen LogP contribution in [0, 0.1) is 0 Å². The number of fused-ring (bicyclic) bond motifs is 4. The van der Waals surface area contributed by atoms with E-state index in [1.165, 1.54) is 20.3 Å². The van der Waals surface area contributed by atoms with Gasteiger partial charge in [-0.1, -0.05) is 11.6 Å². The number of allylic oxidation sites excluding steroid dienone is 2. The molecule has 2 N–H and O–H groups in total. The van der Waals surface area contributed by atoms with Gasteiger partial charge in [0.05, 0.1) is 25.2 Å². The highest BCUT2D eigenvalue weighted by Crippen LogP contribution is 2.48. The summed E-state index contributed by atoms with van der Waals surface area (Å²) in [5.74, 6) is 0.114. The van der Waals surface area contributed by atoms with E-state index >= 15 is 0 Å². The third kappa shape index (κ3) is 3.25. The van der Waals surface area contributed by atoms with E-state index in [4.69, 9.17) is 18.6 Å². The Bertz CT molecular complexity index is 1370. The van der Waals surface area contributed by atoms with Crippen molar-refractivity contribution in [3.63, 3.8) is 0 Å². The van der Waals surface area contributed by atoms with Crippen LogP contribution in [-0.4, -0.2) is 30.0 Å². The molecule has 7 nitrogen and oxygen atoms in total. The van der Waals surface area contributed by atoms with Crippen molar-refractivity contribution in [2.75, 3.05) is 14.2 Å². The first kappa shape index (κ1) is 21.6. The van der Waals surface area contributed by atoms with Gasteiger partial charge in [-0.25, -0.2) is 0 Å². The normalized spacial score (nSPS) is 14.2. The molecule has 168 valence electrons. The Labute approximate surface area is 185 Å². The predicted molar refractivity (Wildman–Crippen MR) is 123 cm³/mol. The molecule has 1 aliphatic rings. The van der Waals surface area contributed by atoms with Crippen LogP contribution in [0.2, 0.25) is 0 Å². The number of phenols is 2. The SMILES string of the molecule is COc1cc2c(=O)c3c(O)c(CC=C(C)C)c4c(c3oc2c(O)c1OC)C=CC(C)(C)O4. The molecular weight excluding hydrogens is 412 g/mol. The highest BCUT2D eigenvalue weighted by Gasteiger charge is 2.31. The zero-order valence-corrected chi connectivity index (χ0v) is 19.0. The average Bonchev–Trinajstić information content (AvgIpc) is 2.72. The smallest absolute Gasteiger partial charge is 0.207 e. The van der Waals surface area contributed by atoms with E-state index in [0.717, 1.165) is 5.57 Å². The Morgan fingerprint density at radius 3 is 2.47 bits per heavy atom. The molecule has 7 heteroatoms. The van der Waals surface area contributed by atoms with Crippen LogP contribution in [0.5, 0.6) is 28.7 Å². The number of ether oxygens (including phenoxy) is 3. The molecule has 0 fully saturated rings. The first-order valence-electron chi connectivity index (χ1n) is 10.2. The van der Waals surface area contributed by atoms with Crippen LogP contribution in [0.1, 0.15) is 38.8 Å². The lowest BCUT2D eigenvalue weighted by Crippen LogP contribution is -2.28. The second-order valence-corrected chi connectivity index (χ2v) is 8.57. The van der Waals surface area contributed by atoms with E-state index in [-0.39, 0.29) is 44.9 Å². The lowest BCUT2D eigenvalue weighted by atomic mass is 9.94. The van der Waals surface area contributed by atoms with Crippen LogP contribution in [0.25, 0.3) is 28.0 Å². The summed E-state index contributed by atoms with van der Waals surface area (Å²) in [5.41, 5.74) is 1.07. The van der Waals surface area contributed by atoms with Gasteiger partial charge in [-0.3, -0.25) is 4.79 Å². The first-order valence-corrected chi connectivity index (χ1v) is 10.2. The van der Waals surface area contributed by atoms with Crippen LogP contribution in [-0.2, 0) is 6.42 Å². The fourth-order valence-corrected chi connectivity index (χ4v) is 3.89. The molecule has 0 amide bonds. The van der Waals surface area contributed by atoms with Gasteiger partial charge in [-0.15, -0.1) is 0 Å². The van der Waals surface area contributed by atoms with Crippen LogP contribution in [0.15, 0.2) is 33.0 Å². The summed E-state index contributed by atoms with van der Waals surface area (Å²) < 4.78 is 22.7. The molecule has 0 aliphatic carbocycles. The maximum atomic E-state index is 13.5. The van der Waals surface area contributed by atoms with Gasteiger partial charge in [-0.2, -0.15) is 0 Å². The lowest BCUT2D eigenvalue weighted by Gasteiger charge is -2.30.